The summed E-state index contributed by atoms with van der Waals surface area (Å²) in [5.41, 5.74) is 0.906. The zero-order valence-electron chi connectivity index (χ0n) is 11.0. The number of likely N-dealkylation sites (tertiary alicyclic amines) is 1. The topological polar surface area (TPSA) is 57.6 Å². The Hall–Kier alpha value is -1.81. The number of hydrogen-bond acceptors (Lipinski definition) is 2. The van der Waals surface area contributed by atoms with Crippen molar-refractivity contribution in [3.63, 3.8) is 0 Å². The summed E-state index contributed by atoms with van der Waals surface area (Å²) < 4.78 is 0. The number of benzene rings is 1. The Morgan fingerprint density at radius 3 is 2.35 bits per heavy atom. The van der Waals surface area contributed by atoms with Crippen molar-refractivity contribution < 1.29 is 14.7 Å². The van der Waals surface area contributed by atoms with E-state index in [4.69, 9.17) is 16.7 Å². The molecule has 1 amide bonds. The molecular formula is C15H16ClNO3. The van der Waals surface area contributed by atoms with Gasteiger partial charge in [0.25, 0.3) is 0 Å². The predicted molar refractivity (Wildman–Crippen MR) is 77.4 cm³/mol. The summed E-state index contributed by atoms with van der Waals surface area (Å²) in [6.45, 7) is 1.00. The summed E-state index contributed by atoms with van der Waals surface area (Å²) in [6, 6.07) is 7.21. The minimum atomic E-state index is -0.770. The number of carbonyl (C=O) groups is 2. The van der Waals surface area contributed by atoms with E-state index in [0.717, 1.165) is 5.56 Å². The van der Waals surface area contributed by atoms with Crippen LogP contribution >= 0.6 is 11.6 Å². The number of carboxylic acids is 1. The number of halogens is 1. The van der Waals surface area contributed by atoms with Crippen molar-refractivity contribution in [2.75, 3.05) is 13.1 Å². The van der Waals surface area contributed by atoms with E-state index in [-0.39, 0.29) is 11.8 Å². The van der Waals surface area contributed by atoms with Crippen LogP contribution in [0.1, 0.15) is 18.4 Å². The van der Waals surface area contributed by atoms with Crippen molar-refractivity contribution in [2.45, 2.75) is 12.8 Å². The molecule has 20 heavy (non-hydrogen) atoms. The molecule has 1 aliphatic rings. The summed E-state index contributed by atoms with van der Waals surface area (Å²) in [5, 5.41) is 9.57. The molecule has 1 aromatic carbocycles. The first kappa shape index (κ1) is 14.6. The average molecular weight is 294 g/mol. The number of nitrogens with zero attached hydrogens (tertiary/aromatic N) is 1. The fourth-order valence-corrected chi connectivity index (χ4v) is 2.32. The summed E-state index contributed by atoms with van der Waals surface area (Å²) in [6.07, 6.45) is 4.30. The lowest BCUT2D eigenvalue weighted by molar-refractivity contribution is -0.144. The van der Waals surface area contributed by atoms with Gasteiger partial charge in [-0.25, -0.2) is 0 Å². The van der Waals surface area contributed by atoms with Crippen molar-refractivity contribution in [1.82, 2.24) is 4.90 Å². The van der Waals surface area contributed by atoms with Crippen LogP contribution in [0.15, 0.2) is 30.3 Å². The highest BCUT2D eigenvalue weighted by Gasteiger charge is 2.25. The number of carbonyl (C=O) groups excluding carboxylic acids is 1. The molecule has 0 radical (unpaired) electrons. The number of piperidine rings is 1. The molecule has 0 aliphatic carbocycles. The fraction of sp³-hybridized carbons (Fsp3) is 0.333. The summed E-state index contributed by atoms with van der Waals surface area (Å²) in [7, 11) is 0. The molecule has 106 valence electrons. The van der Waals surface area contributed by atoms with Crippen molar-refractivity contribution >= 4 is 29.6 Å². The van der Waals surface area contributed by atoms with Crippen LogP contribution in [0.25, 0.3) is 6.08 Å². The van der Waals surface area contributed by atoms with Crippen molar-refractivity contribution in [3.8, 4) is 0 Å². The molecule has 0 unspecified atom stereocenters. The normalized spacial score (nSPS) is 16.6. The van der Waals surface area contributed by atoms with Crippen LogP contribution in [0.3, 0.4) is 0 Å². The molecule has 0 bridgehead atoms. The van der Waals surface area contributed by atoms with Crippen LogP contribution in [0.2, 0.25) is 5.02 Å². The van der Waals surface area contributed by atoms with Gasteiger partial charge in [0.05, 0.1) is 5.92 Å². The zero-order valence-corrected chi connectivity index (χ0v) is 11.7. The van der Waals surface area contributed by atoms with Crippen LogP contribution in [0, 0.1) is 5.92 Å². The number of carboxylic acid groups (broad SMARTS) is 1. The van der Waals surface area contributed by atoms with Gasteiger partial charge in [-0.2, -0.15) is 0 Å². The van der Waals surface area contributed by atoms with E-state index in [0.29, 0.717) is 31.0 Å². The lowest BCUT2D eigenvalue weighted by atomic mass is 9.97. The third-order valence-corrected chi connectivity index (χ3v) is 3.70. The molecular weight excluding hydrogens is 278 g/mol. The number of rotatable bonds is 3. The molecule has 1 fully saturated rings. The van der Waals surface area contributed by atoms with Gasteiger partial charge < -0.3 is 10.0 Å². The fourth-order valence-electron chi connectivity index (χ4n) is 2.19. The monoisotopic (exact) mass is 293 g/mol. The predicted octanol–water partition coefficient (Wildman–Crippen LogP) is 2.68. The molecule has 0 saturated carbocycles. The van der Waals surface area contributed by atoms with Gasteiger partial charge in [-0.1, -0.05) is 23.7 Å². The van der Waals surface area contributed by atoms with E-state index in [1.54, 1.807) is 23.1 Å². The van der Waals surface area contributed by atoms with Gasteiger partial charge in [-0.15, -0.1) is 0 Å². The van der Waals surface area contributed by atoms with E-state index in [2.05, 4.69) is 0 Å². The largest absolute Gasteiger partial charge is 0.481 e. The quantitative estimate of drug-likeness (QED) is 0.872. The van der Waals surface area contributed by atoms with Crippen LogP contribution in [-0.2, 0) is 9.59 Å². The molecule has 0 atom stereocenters. The van der Waals surface area contributed by atoms with Gasteiger partial charge in [0.15, 0.2) is 0 Å². The van der Waals surface area contributed by atoms with Crippen LogP contribution in [0.5, 0.6) is 0 Å². The Morgan fingerprint density at radius 1 is 1.20 bits per heavy atom. The Bertz CT molecular complexity index is 516. The average Bonchev–Trinajstić information content (AvgIpc) is 2.46. The molecule has 1 aliphatic heterocycles. The van der Waals surface area contributed by atoms with Gasteiger partial charge in [0, 0.05) is 24.2 Å². The minimum Gasteiger partial charge on any atom is -0.481 e. The SMILES string of the molecule is O=C(O)C1CCN(C(=O)/C=C/c2ccc(Cl)cc2)CC1. The van der Waals surface area contributed by atoms with Crippen molar-refractivity contribution in [2.24, 2.45) is 5.92 Å². The van der Waals surface area contributed by atoms with Gasteiger partial charge in [0.2, 0.25) is 5.91 Å². The maximum atomic E-state index is 12.0. The molecule has 4 nitrogen and oxygen atoms in total. The molecule has 5 heteroatoms. The van der Waals surface area contributed by atoms with Gasteiger partial charge in [0.1, 0.15) is 0 Å². The standard InChI is InChI=1S/C15H16ClNO3/c16-13-4-1-11(2-5-13)3-6-14(18)17-9-7-12(8-10-17)15(19)20/h1-6,12H,7-10H2,(H,19,20)/b6-3+. The second-order valence-corrected chi connectivity index (χ2v) is 5.26. The number of amides is 1. The van der Waals surface area contributed by atoms with E-state index < -0.39 is 5.97 Å². The van der Waals surface area contributed by atoms with E-state index in [1.807, 2.05) is 12.1 Å². The Labute approximate surface area is 122 Å². The summed E-state index contributed by atoms with van der Waals surface area (Å²) in [4.78, 5) is 24.5. The van der Waals surface area contributed by atoms with Crippen molar-refractivity contribution in [1.29, 1.82) is 0 Å². The maximum Gasteiger partial charge on any atom is 0.306 e. The Morgan fingerprint density at radius 2 is 1.80 bits per heavy atom. The first-order valence-corrected chi connectivity index (χ1v) is 6.89. The highest BCUT2D eigenvalue weighted by molar-refractivity contribution is 6.30. The van der Waals surface area contributed by atoms with Gasteiger partial charge in [-0.3, -0.25) is 9.59 Å². The minimum absolute atomic E-state index is 0.0798. The first-order valence-electron chi connectivity index (χ1n) is 6.51. The third kappa shape index (κ3) is 3.84. The second-order valence-electron chi connectivity index (χ2n) is 4.82. The number of hydrogen-bond donors (Lipinski definition) is 1. The van der Waals surface area contributed by atoms with E-state index in [9.17, 15) is 9.59 Å². The van der Waals surface area contributed by atoms with Crippen LogP contribution in [0.4, 0.5) is 0 Å². The number of aliphatic carboxylic acids is 1. The summed E-state index contributed by atoms with van der Waals surface area (Å²) in [5.74, 6) is -1.17. The van der Waals surface area contributed by atoms with E-state index >= 15 is 0 Å². The molecule has 1 N–H and O–H groups in total. The second kappa shape index (κ2) is 6.57. The van der Waals surface area contributed by atoms with Gasteiger partial charge >= 0.3 is 5.97 Å². The van der Waals surface area contributed by atoms with Crippen LogP contribution < -0.4 is 0 Å². The molecule has 1 saturated heterocycles. The highest BCUT2D eigenvalue weighted by Crippen LogP contribution is 2.18. The zero-order chi connectivity index (χ0) is 14.5. The lowest BCUT2D eigenvalue weighted by Gasteiger charge is -2.29. The maximum absolute atomic E-state index is 12.0. The molecule has 2 rings (SSSR count). The van der Waals surface area contributed by atoms with Crippen molar-refractivity contribution in [3.05, 3.63) is 40.9 Å². The Kier molecular flexibility index (Phi) is 4.79. The smallest absolute Gasteiger partial charge is 0.306 e. The molecule has 0 aromatic heterocycles. The first-order chi connectivity index (χ1) is 9.56. The third-order valence-electron chi connectivity index (χ3n) is 3.44. The molecule has 1 aromatic rings. The summed E-state index contributed by atoms with van der Waals surface area (Å²) >= 11 is 5.79. The lowest BCUT2D eigenvalue weighted by Crippen LogP contribution is -2.39. The van der Waals surface area contributed by atoms with E-state index in [1.165, 1.54) is 6.08 Å². The molecule has 0 spiro atoms. The molecule has 1 heterocycles. The highest BCUT2D eigenvalue weighted by atomic mass is 35.5. The van der Waals surface area contributed by atoms with Gasteiger partial charge in [-0.05, 0) is 36.6 Å². The van der Waals surface area contributed by atoms with Crippen LogP contribution in [-0.4, -0.2) is 35.0 Å². The Balaban J connectivity index is 1.89.